The summed E-state index contributed by atoms with van der Waals surface area (Å²) in [6, 6.07) is 0.148. The van der Waals surface area contributed by atoms with Crippen LogP contribution in [0.5, 0.6) is 0 Å². The summed E-state index contributed by atoms with van der Waals surface area (Å²) in [6.45, 7) is 4.51. The first kappa shape index (κ1) is 11.0. The zero-order valence-corrected chi connectivity index (χ0v) is 8.50. The van der Waals surface area contributed by atoms with Crippen LogP contribution in [0, 0.1) is 0 Å². The lowest BCUT2D eigenvalue weighted by Crippen LogP contribution is -2.30. The standard InChI is InChI=1S/C10H21NO2/c1-2-5-12-8-9(11)7-10-4-3-6-13-10/h9-10H,2-8,11H2,1H3. The van der Waals surface area contributed by atoms with E-state index in [1.54, 1.807) is 0 Å². The topological polar surface area (TPSA) is 44.5 Å². The molecule has 13 heavy (non-hydrogen) atoms. The van der Waals surface area contributed by atoms with E-state index in [1.807, 2.05) is 0 Å². The van der Waals surface area contributed by atoms with Gasteiger partial charge < -0.3 is 15.2 Å². The van der Waals surface area contributed by atoms with Crippen molar-refractivity contribution in [1.29, 1.82) is 0 Å². The molecule has 3 nitrogen and oxygen atoms in total. The van der Waals surface area contributed by atoms with E-state index in [9.17, 15) is 0 Å². The predicted octanol–water partition coefficient (Wildman–Crippen LogP) is 1.31. The van der Waals surface area contributed by atoms with Gasteiger partial charge in [-0.15, -0.1) is 0 Å². The molecule has 2 unspecified atom stereocenters. The molecule has 1 heterocycles. The van der Waals surface area contributed by atoms with Gasteiger partial charge in [0.25, 0.3) is 0 Å². The van der Waals surface area contributed by atoms with Crippen LogP contribution in [0.25, 0.3) is 0 Å². The minimum atomic E-state index is 0.148. The summed E-state index contributed by atoms with van der Waals surface area (Å²) in [6.07, 6.45) is 4.76. The van der Waals surface area contributed by atoms with Gasteiger partial charge in [-0.2, -0.15) is 0 Å². The first-order chi connectivity index (χ1) is 6.33. The van der Waals surface area contributed by atoms with Crippen LogP contribution in [0.1, 0.15) is 32.6 Å². The quantitative estimate of drug-likeness (QED) is 0.638. The summed E-state index contributed by atoms with van der Waals surface area (Å²) in [4.78, 5) is 0. The second kappa shape index (κ2) is 6.35. The normalized spacial score (nSPS) is 24.9. The van der Waals surface area contributed by atoms with Gasteiger partial charge in [0.15, 0.2) is 0 Å². The largest absolute Gasteiger partial charge is 0.380 e. The van der Waals surface area contributed by atoms with Crippen molar-refractivity contribution in [1.82, 2.24) is 0 Å². The van der Waals surface area contributed by atoms with Crippen molar-refractivity contribution in [2.24, 2.45) is 5.73 Å². The smallest absolute Gasteiger partial charge is 0.0618 e. The third-order valence-corrected chi connectivity index (χ3v) is 2.27. The Labute approximate surface area is 80.6 Å². The van der Waals surface area contributed by atoms with Gasteiger partial charge >= 0.3 is 0 Å². The van der Waals surface area contributed by atoms with Gasteiger partial charge in [-0.1, -0.05) is 6.92 Å². The van der Waals surface area contributed by atoms with Gasteiger partial charge in [0, 0.05) is 19.3 Å². The lowest BCUT2D eigenvalue weighted by molar-refractivity contribution is 0.0722. The van der Waals surface area contributed by atoms with E-state index >= 15 is 0 Å². The van der Waals surface area contributed by atoms with Gasteiger partial charge in [0.2, 0.25) is 0 Å². The Morgan fingerprint density at radius 3 is 3.08 bits per heavy atom. The molecular weight excluding hydrogens is 166 g/mol. The highest BCUT2D eigenvalue weighted by Crippen LogP contribution is 2.16. The van der Waals surface area contributed by atoms with Gasteiger partial charge in [-0.05, 0) is 25.7 Å². The van der Waals surface area contributed by atoms with Crippen molar-refractivity contribution in [2.45, 2.75) is 44.8 Å². The fourth-order valence-corrected chi connectivity index (χ4v) is 1.61. The highest BCUT2D eigenvalue weighted by atomic mass is 16.5. The van der Waals surface area contributed by atoms with Crippen molar-refractivity contribution in [3.63, 3.8) is 0 Å². The minimum absolute atomic E-state index is 0.148. The summed E-state index contributed by atoms with van der Waals surface area (Å²) >= 11 is 0. The number of nitrogens with two attached hydrogens (primary N) is 1. The predicted molar refractivity (Wildman–Crippen MR) is 52.7 cm³/mol. The monoisotopic (exact) mass is 187 g/mol. The van der Waals surface area contributed by atoms with Crippen LogP contribution in [0.4, 0.5) is 0 Å². The van der Waals surface area contributed by atoms with Crippen molar-refractivity contribution in [3.05, 3.63) is 0 Å². The van der Waals surface area contributed by atoms with Crippen molar-refractivity contribution < 1.29 is 9.47 Å². The molecule has 2 atom stereocenters. The first-order valence-electron chi connectivity index (χ1n) is 5.28. The molecular formula is C10H21NO2. The molecule has 1 aliphatic heterocycles. The minimum Gasteiger partial charge on any atom is -0.380 e. The molecule has 1 saturated heterocycles. The summed E-state index contributed by atoms with van der Waals surface area (Å²) < 4.78 is 10.9. The molecule has 0 bridgehead atoms. The molecule has 1 fully saturated rings. The summed E-state index contributed by atoms with van der Waals surface area (Å²) in [5.74, 6) is 0. The maximum absolute atomic E-state index is 5.89. The zero-order valence-electron chi connectivity index (χ0n) is 8.50. The van der Waals surface area contributed by atoms with E-state index < -0.39 is 0 Å². The lowest BCUT2D eigenvalue weighted by atomic mass is 10.1. The number of ether oxygens (including phenoxy) is 2. The van der Waals surface area contributed by atoms with E-state index in [0.29, 0.717) is 12.7 Å². The van der Waals surface area contributed by atoms with Crippen molar-refractivity contribution >= 4 is 0 Å². The summed E-state index contributed by atoms with van der Waals surface area (Å²) in [7, 11) is 0. The highest BCUT2D eigenvalue weighted by molar-refractivity contribution is 4.71. The molecule has 0 aromatic carbocycles. The Balaban J connectivity index is 1.99. The lowest BCUT2D eigenvalue weighted by Gasteiger charge is -2.15. The number of hydrogen-bond donors (Lipinski definition) is 1. The Kier molecular flexibility index (Phi) is 5.35. The highest BCUT2D eigenvalue weighted by Gasteiger charge is 2.18. The SMILES string of the molecule is CCCOCC(N)CC1CCCO1. The molecule has 0 radical (unpaired) electrons. The van der Waals surface area contributed by atoms with Crippen LogP contribution in [-0.2, 0) is 9.47 Å². The van der Waals surface area contributed by atoms with Gasteiger partial charge in [0.05, 0.1) is 12.7 Å². The molecule has 2 N–H and O–H groups in total. The molecule has 0 saturated carbocycles. The van der Waals surface area contributed by atoms with E-state index in [0.717, 1.165) is 26.1 Å². The average Bonchev–Trinajstić information content (AvgIpc) is 2.57. The fraction of sp³-hybridized carbons (Fsp3) is 1.00. The van der Waals surface area contributed by atoms with Crippen LogP contribution in [0.2, 0.25) is 0 Å². The third kappa shape index (κ3) is 4.60. The number of rotatable bonds is 6. The first-order valence-corrected chi connectivity index (χ1v) is 5.28. The molecule has 1 aliphatic rings. The molecule has 0 aliphatic carbocycles. The van der Waals surface area contributed by atoms with Crippen molar-refractivity contribution in [3.8, 4) is 0 Å². The average molecular weight is 187 g/mol. The zero-order chi connectivity index (χ0) is 9.52. The molecule has 0 spiro atoms. The Morgan fingerprint density at radius 1 is 1.62 bits per heavy atom. The van der Waals surface area contributed by atoms with Crippen molar-refractivity contribution in [2.75, 3.05) is 19.8 Å². The van der Waals surface area contributed by atoms with Crippen LogP contribution in [0.15, 0.2) is 0 Å². The summed E-state index contributed by atoms with van der Waals surface area (Å²) in [5, 5.41) is 0. The maximum atomic E-state index is 5.89. The second-order valence-corrected chi connectivity index (χ2v) is 3.71. The molecule has 0 amide bonds. The molecule has 1 rings (SSSR count). The molecule has 3 heteroatoms. The Hall–Kier alpha value is -0.120. The Morgan fingerprint density at radius 2 is 2.46 bits per heavy atom. The number of hydrogen-bond acceptors (Lipinski definition) is 3. The molecule has 0 aromatic rings. The van der Waals surface area contributed by atoms with Crippen LogP contribution in [-0.4, -0.2) is 32.0 Å². The van der Waals surface area contributed by atoms with E-state index in [4.69, 9.17) is 15.2 Å². The molecule has 0 aromatic heterocycles. The Bertz CT molecular complexity index is 124. The fourth-order valence-electron chi connectivity index (χ4n) is 1.61. The third-order valence-electron chi connectivity index (χ3n) is 2.27. The molecule has 78 valence electrons. The van der Waals surface area contributed by atoms with Gasteiger partial charge in [0.1, 0.15) is 0 Å². The second-order valence-electron chi connectivity index (χ2n) is 3.71. The van der Waals surface area contributed by atoms with Crippen LogP contribution in [0.3, 0.4) is 0 Å². The van der Waals surface area contributed by atoms with Gasteiger partial charge in [-0.3, -0.25) is 0 Å². The van der Waals surface area contributed by atoms with Crippen LogP contribution >= 0.6 is 0 Å². The maximum Gasteiger partial charge on any atom is 0.0618 e. The van der Waals surface area contributed by atoms with E-state index in [-0.39, 0.29) is 6.04 Å². The van der Waals surface area contributed by atoms with Crippen LogP contribution < -0.4 is 5.73 Å². The summed E-state index contributed by atoms with van der Waals surface area (Å²) in [5.41, 5.74) is 5.89. The van der Waals surface area contributed by atoms with E-state index in [1.165, 1.54) is 12.8 Å². The van der Waals surface area contributed by atoms with Gasteiger partial charge in [-0.25, -0.2) is 0 Å². The van der Waals surface area contributed by atoms with E-state index in [2.05, 4.69) is 6.92 Å².